The molecule has 2 rings (SSSR count). The third-order valence-electron chi connectivity index (χ3n) is 4.13. The van der Waals surface area contributed by atoms with E-state index in [-0.39, 0.29) is 18.6 Å². The fourth-order valence-corrected chi connectivity index (χ4v) is 2.57. The van der Waals surface area contributed by atoms with Crippen molar-refractivity contribution < 1.29 is 9.90 Å². The van der Waals surface area contributed by atoms with E-state index in [1.807, 2.05) is 39.0 Å². The highest BCUT2D eigenvalue weighted by atomic mass is 16.3. The molecule has 1 unspecified atom stereocenters. The maximum absolute atomic E-state index is 12.4. The van der Waals surface area contributed by atoms with E-state index in [2.05, 4.69) is 17.2 Å². The number of nitrogens with one attached hydrogen (secondary N) is 2. The molecule has 0 aliphatic rings. The lowest BCUT2D eigenvalue weighted by Gasteiger charge is -2.21. The molecule has 1 aromatic carbocycles. The Hall–Kier alpha value is -1.81. The molecule has 0 radical (unpaired) electrons. The summed E-state index contributed by atoms with van der Waals surface area (Å²) in [4.78, 5) is 15.7. The summed E-state index contributed by atoms with van der Waals surface area (Å²) >= 11 is 0. The summed E-state index contributed by atoms with van der Waals surface area (Å²) < 4.78 is 0. The number of fused-ring (bicyclic) bond motifs is 1. The Morgan fingerprint density at radius 3 is 2.67 bits per heavy atom. The van der Waals surface area contributed by atoms with Gasteiger partial charge in [0.25, 0.3) is 5.91 Å². The summed E-state index contributed by atoms with van der Waals surface area (Å²) in [6.45, 7) is 8.26. The zero-order chi connectivity index (χ0) is 15.6. The van der Waals surface area contributed by atoms with Gasteiger partial charge < -0.3 is 15.4 Å². The van der Waals surface area contributed by atoms with Crippen LogP contribution >= 0.6 is 0 Å². The minimum Gasteiger partial charge on any atom is -0.396 e. The highest BCUT2D eigenvalue weighted by molar-refractivity contribution is 5.99. The average Bonchev–Trinajstić information content (AvgIpc) is 2.73. The highest BCUT2D eigenvalue weighted by Crippen LogP contribution is 2.22. The van der Waals surface area contributed by atoms with Gasteiger partial charge in [-0.25, -0.2) is 0 Å². The van der Waals surface area contributed by atoms with E-state index in [4.69, 9.17) is 5.11 Å². The van der Waals surface area contributed by atoms with Crippen LogP contribution in [-0.4, -0.2) is 28.6 Å². The molecule has 0 bridgehead atoms. The maximum atomic E-state index is 12.4. The van der Waals surface area contributed by atoms with E-state index < -0.39 is 0 Å². The summed E-state index contributed by atoms with van der Waals surface area (Å²) in [6.07, 6.45) is 0.577. The zero-order valence-electron chi connectivity index (χ0n) is 13.2. The number of rotatable bonds is 5. The molecule has 114 valence electrons. The molecular formula is C17H24N2O2. The van der Waals surface area contributed by atoms with Gasteiger partial charge in [0.15, 0.2) is 0 Å². The number of benzene rings is 1. The first kappa shape index (κ1) is 15.6. The third kappa shape index (κ3) is 3.27. The van der Waals surface area contributed by atoms with E-state index >= 15 is 0 Å². The van der Waals surface area contributed by atoms with Gasteiger partial charge in [0.1, 0.15) is 0 Å². The molecule has 21 heavy (non-hydrogen) atoms. The van der Waals surface area contributed by atoms with Crippen molar-refractivity contribution in [2.24, 2.45) is 5.92 Å². The summed E-state index contributed by atoms with van der Waals surface area (Å²) in [7, 11) is 0. The zero-order valence-corrected chi connectivity index (χ0v) is 13.2. The third-order valence-corrected chi connectivity index (χ3v) is 4.13. The van der Waals surface area contributed by atoms with Crippen molar-refractivity contribution in [3.05, 3.63) is 35.0 Å². The van der Waals surface area contributed by atoms with Crippen LogP contribution in [0, 0.1) is 19.8 Å². The van der Waals surface area contributed by atoms with Crippen molar-refractivity contribution in [2.75, 3.05) is 6.61 Å². The molecule has 1 atom stereocenters. The Morgan fingerprint density at radius 1 is 1.33 bits per heavy atom. The number of H-pyrrole nitrogens is 1. The number of hydrogen-bond acceptors (Lipinski definition) is 2. The Bertz CT molecular complexity index is 644. The second-order valence-electron chi connectivity index (χ2n) is 5.97. The highest BCUT2D eigenvalue weighted by Gasteiger charge is 2.17. The van der Waals surface area contributed by atoms with Crippen molar-refractivity contribution in [1.29, 1.82) is 0 Å². The molecule has 4 heteroatoms. The lowest BCUT2D eigenvalue weighted by molar-refractivity contribution is 0.0917. The van der Waals surface area contributed by atoms with Crippen LogP contribution < -0.4 is 5.32 Å². The maximum Gasteiger partial charge on any atom is 0.251 e. The van der Waals surface area contributed by atoms with Crippen LogP contribution in [0.5, 0.6) is 0 Å². The van der Waals surface area contributed by atoms with Crippen LogP contribution in [0.15, 0.2) is 18.2 Å². The summed E-state index contributed by atoms with van der Waals surface area (Å²) in [5.41, 5.74) is 4.02. The fraction of sp³-hybridized carbons (Fsp3) is 0.471. The van der Waals surface area contributed by atoms with E-state index in [9.17, 15) is 4.79 Å². The molecule has 0 aliphatic carbocycles. The Balaban J connectivity index is 2.24. The Labute approximate surface area is 125 Å². The van der Waals surface area contributed by atoms with Gasteiger partial charge >= 0.3 is 0 Å². The van der Waals surface area contributed by atoms with Crippen molar-refractivity contribution in [3.63, 3.8) is 0 Å². The number of aryl methyl sites for hydroxylation is 2. The molecule has 1 heterocycles. The van der Waals surface area contributed by atoms with E-state index in [1.54, 1.807) is 0 Å². The number of aliphatic hydroxyl groups excluding tert-OH is 1. The van der Waals surface area contributed by atoms with Crippen molar-refractivity contribution >= 4 is 16.8 Å². The molecular weight excluding hydrogens is 264 g/mol. The van der Waals surface area contributed by atoms with Crippen LogP contribution in [0.25, 0.3) is 10.9 Å². The molecule has 0 spiro atoms. The minimum absolute atomic E-state index is 0.00717. The molecule has 0 saturated heterocycles. The van der Waals surface area contributed by atoms with Gasteiger partial charge in [0, 0.05) is 34.8 Å². The van der Waals surface area contributed by atoms with E-state index in [0.717, 1.165) is 16.6 Å². The number of carbonyl (C=O) groups is 1. The van der Waals surface area contributed by atoms with Crippen LogP contribution in [0.3, 0.4) is 0 Å². The summed E-state index contributed by atoms with van der Waals surface area (Å²) in [6, 6.07) is 5.71. The number of carbonyl (C=O) groups excluding carboxylic acids is 1. The normalized spacial score (nSPS) is 12.9. The molecule has 1 aromatic heterocycles. The van der Waals surface area contributed by atoms with E-state index in [0.29, 0.717) is 17.9 Å². The number of aliphatic hydroxyl groups is 1. The second kappa shape index (κ2) is 6.31. The van der Waals surface area contributed by atoms with Gasteiger partial charge in [-0.05, 0) is 49.9 Å². The predicted octanol–water partition coefficient (Wildman–Crippen LogP) is 2.92. The predicted molar refractivity (Wildman–Crippen MR) is 85.6 cm³/mol. The number of aromatic amines is 1. The number of hydrogen-bond donors (Lipinski definition) is 3. The number of amides is 1. The second-order valence-corrected chi connectivity index (χ2v) is 5.97. The SMILES string of the molecule is Cc1[nH]c2ccc(C(=O)NC(CCO)C(C)C)cc2c1C. The number of aromatic nitrogens is 1. The quantitative estimate of drug-likeness (QED) is 0.792. The first-order valence-corrected chi connectivity index (χ1v) is 7.44. The van der Waals surface area contributed by atoms with Gasteiger partial charge in [0.05, 0.1) is 0 Å². The Kier molecular flexibility index (Phi) is 4.68. The van der Waals surface area contributed by atoms with Crippen LogP contribution in [0.2, 0.25) is 0 Å². The van der Waals surface area contributed by atoms with Gasteiger partial charge in [0.2, 0.25) is 0 Å². The van der Waals surface area contributed by atoms with Crippen LogP contribution in [0.4, 0.5) is 0 Å². The van der Waals surface area contributed by atoms with Gasteiger partial charge in [-0.1, -0.05) is 13.8 Å². The van der Waals surface area contributed by atoms with E-state index in [1.165, 1.54) is 5.56 Å². The molecule has 0 aliphatic heterocycles. The molecule has 4 nitrogen and oxygen atoms in total. The Morgan fingerprint density at radius 2 is 2.05 bits per heavy atom. The fourth-order valence-electron chi connectivity index (χ4n) is 2.57. The van der Waals surface area contributed by atoms with Gasteiger partial charge in [-0.15, -0.1) is 0 Å². The van der Waals surface area contributed by atoms with Crippen LogP contribution in [-0.2, 0) is 0 Å². The summed E-state index contributed by atoms with van der Waals surface area (Å²) in [5.74, 6) is 0.211. The van der Waals surface area contributed by atoms with Crippen LogP contribution in [0.1, 0.15) is 41.9 Å². The lowest BCUT2D eigenvalue weighted by atomic mass is 10.0. The standard InChI is InChI=1S/C17H24N2O2/c1-10(2)15(7-8-20)19-17(21)13-5-6-16-14(9-13)11(3)12(4)18-16/h5-6,9-10,15,18,20H,7-8H2,1-4H3,(H,19,21). The molecule has 0 saturated carbocycles. The largest absolute Gasteiger partial charge is 0.396 e. The summed E-state index contributed by atoms with van der Waals surface area (Å²) in [5, 5.41) is 13.2. The molecule has 1 amide bonds. The monoisotopic (exact) mass is 288 g/mol. The first-order chi connectivity index (χ1) is 9.93. The molecule has 2 aromatic rings. The minimum atomic E-state index is -0.0812. The smallest absolute Gasteiger partial charge is 0.251 e. The first-order valence-electron chi connectivity index (χ1n) is 7.44. The van der Waals surface area contributed by atoms with Crippen molar-refractivity contribution in [1.82, 2.24) is 10.3 Å². The molecule has 3 N–H and O–H groups in total. The van der Waals surface area contributed by atoms with Gasteiger partial charge in [-0.2, -0.15) is 0 Å². The molecule has 0 fully saturated rings. The topological polar surface area (TPSA) is 65.1 Å². The van der Waals surface area contributed by atoms with Crippen molar-refractivity contribution in [2.45, 2.75) is 40.2 Å². The lowest BCUT2D eigenvalue weighted by Crippen LogP contribution is -2.39. The van der Waals surface area contributed by atoms with Crippen molar-refractivity contribution in [3.8, 4) is 0 Å². The average molecular weight is 288 g/mol. The van der Waals surface area contributed by atoms with Gasteiger partial charge in [-0.3, -0.25) is 4.79 Å².